The Morgan fingerprint density at radius 2 is 2.04 bits per heavy atom. The molecular weight excluding hydrogens is 465 g/mol. The fourth-order valence-electron chi connectivity index (χ4n) is 2.14. The highest BCUT2D eigenvalue weighted by molar-refractivity contribution is 14.0. The Morgan fingerprint density at radius 3 is 2.68 bits per heavy atom. The topological polar surface area (TPSA) is 56.7 Å². The molecule has 0 bridgehead atoms. The van der Waals surface area contributed by atoms with Crippen LogP contribution in [-0.4, -0.2) is 41.7 Å². The normalized spacial score (nSPS) is 13.4. The number of guanidine groups is 1. The van der Waals surface area contributed by atoms with Crippen LogP contribution in [0, 0.1) is 0 Å². The van der Waals surface area contributed by atoms with Gasteiger partial charge in [-0.25, -0.2) is 0 Å². The highest BCUT2D eigenvalue weighted by Crippen LogP contribution is 2.29. The number of benzene rings is 1. The van der Waals surface area contributed by atoms with Gasteiger partial charge in [0.2, 0.25) is 0 Å². The van der Waals surface area contributed by atoms with Crippen molar-refractivity contribution in [3.63, 3.8) is 0 Å². The maximum atomic E-state index is 10.5. The highest BCUT2D eigenvalue weighted by Gasteiger charge is 2.16. The van der Waals surface area contributed by atoms with Crippen LogP contribution in [-0.2, 0) is 0 Å². The van der Waals surface area contributed by atoms with Gasteiger partial charge in [-0.2, -0.15) is 11.8 Å². The molecule has 0 saturated carbocycles. The van der Waals surface area contributed by atoms with Crippen molar-refractivity contribution in [1.82, 2.24) is 10.6 Å². The Morgan fingerprint density at radius 1 is 1.32 bits per heavy atom. The van der Waals surface area contributed by atoms with Gasteiger partial charge in [-0.1, -0.05) is 18.2 Å². The molecule has 1 heterocycles. The third-order valence-electron chi connectivity index (χ3n) is 3.75. The Balaban J connectivity index is 0.00000312. The first-order chi connectivity index (χ1) is 11.4. The van der Waals surface area contributed by atoms with Crippen LogP contribution >= 0.6 is 47.1 Å². The number of halogens is 1. The van der Waals surface area contributed by atoms with E-state index in [0.29, 0.717) is 6.54 Å². The number of nitrogens with zero attached hydrogens (tertiary/aromatic N) is 1. The van der Waals surface area contributed by atoms with E-state index in [0.717, 1.165) is 23.9 Å². The Hall–Kier alpha value is -0.510. The van der Waals surface area contributed by atoms with Crippen LogP contribution in [0.1, 0.15) is 31.8 Å². The van der Waals surface area contributed by atoms with Crippen LogP contribution in [0.15, 0.2) is 35.3 Å². The van der Waals surface area contributed by atoms with Gasteiger partial charge in [0.1, 0.15) is 6.10 Å². The lowest BCUT2D eigenvalue weighted by Crippen LogP contribution is -2.40. The summed E-state index contributed by atoms with van der Waals surface area (Å²) in [6.07, 6.45) is 1.56. The third-order valence-corrected chi connectivity index (χ3v) is 6.20. The monoisotopic (exact) mass is 493 g/mol. The van der Waals surface area contributed by atoms with Crippen LogP contribution in [0.25, 0.3) is 10.1 Å². The van der Waals surface area contributed by atoms with Crippen molar-refractivity contribution in [1.29, 1.82) is 0 Å². The minimum Gasteiger partial charge on any atom is -0.386 e. The molecule has 3 N–H and O–H groups in total. The third kappa shape index (κ3) is 6.96. The minimum atomic E-state index is -0.542. The second-order valence-electron chi connectivity index (χ2n) is 6.24. The Bertz CT molecular complexity index is 655. The fourth-order valence-corrected chi connectivity index (χ4v) is 3.38. The summed E-state index contributed by atoms with van der Waals surface area (Å²) >= 11 is 3.44. The summed E-state index contributed by atoms with van der Waals surface area (Å²) in [4.78, 5) is 5.61. The summed E-state index contributed by atoms with van der Waals surface area (Å²) in [7, 11) is 0. The van der Waals surface area contributed by atoms with Crippen LogP contribution in [0.2, 0.25) is 0 Å². The zero-order chi connectivity index (χ0) is 17.6. The molecule has 1 atom stereocenters. The number of aliphatic hydroxyl groups excluding tert-OH is 1. The summed E-state index contributed by atoms with van der Waals surface area (Å²) in [5.74, 6) is 0.750. The van der Waals surface area contributed by atoms with Crippen molar-refractivity contribution >= 4 is 63.1 Å². The molecule has 0 aliphatic rings. The lowest BCUT2D eigenvalue weighted by atomic mass is 10.2. The van der Waals surface area contributed by atoms with Gasteiger partial charge in [0.05, 0.1) is 6.54 Å². The second-order valence-corrected chi connectivity index (χ2v) is 8.87. The molecule has 0 radical (unpaired) electrons. The maximum Gasteiger partial charge on any atom is 0.191 e. The van der Waals surface area contributed by atoms with Gasteiger partial charge in [0, 0.05) is 27.4 Å². The first kappa shape index (κ1) is 22.5. The molecule has 0 aliphatic heterocycles. The Labute approximate surface area is 175 Å². The summed E-state index contributed by atoms with van der Waals surface area (Å²) < 4.78 is 1.31. The number of aliphatic imine (C=N–C) groups is 1. The van der Waals surface area contributed by atoms with E-state index < -0.39 is 6.10 Å². The maximum absolute atomic E-state index is 10.5. The van der Waals surface area contributed by atoms with E-state index in [2.05, 4.69) is 53.9 Å². The average molecular weight is 493 g/mol. The number of thiophene rings is 1. The van der Waals surface area contributed by atoms with Gasteiger partial charge in [0.25, 0.3) is 0 Å². The molecule has 140 valence electrons. The van der Waals surface area contributed by atoms with E-state index in [1.807, 2.05) is 19.1 Å². The molecule has 1 unspecified atom stereocenters. The number of hydrogen-bond acceptors (Lipinski definition) is 4. The molecule has 1 aromatic heterocycles. The lowest BCUT2D eigenvalue weighted by molar-refractivity contribution is 0.184. The summed E-state index contributed by atoms with van der Waals surface area (Å²) in [6.45, 7) is 8.36. The smallest absolute Gasteiger partial charge is 0.191 e. The largest absolute Gasteiger partial charge is 0.386 e. The quantitative estimate of drug-likeness (QED) is 0.307. The number of fused-ring (bicyclic) bond motifs is 1. The molecular formula is C18H28IN3OS2. The molecule has 0 spiro atoms. The van der Waals surface area contributed by atoms with Gasteiger partial charge in [-0.3, -0.25) is 4.99 Å². The van der Waals surface area contributed by atoms with Crippen LogP contribution in [0.4, 0.5) is 0 Å². The highest BCUT2D eigenvalue weighted by atomic mass is 127. The molecule has 1 aromatic carbocycles. The van der Waals surface area contributed by atoms with Crippen molar-refractivity contribution in [2.45, 2.75) is 31.6 Å². The van der Waals surface area contributed by atoms with E-state index in [1.54, 1.807) is 23.1 Å². The summed E-state index contributed by atoms with van der Waals surface area (Å²) in [5.41, 5.74) is 0. The number of aliphatic hydroxyl groups is 1. The Kier molecular flexibility index (Phi) is 9.55. The molecule has 2 aromatic rings. The first-order valence-electron chi connectivity index (χ1n) is 8.19. The van der Waals surface area contributed by atoms with E-state index in [9.17, 15) is 5.11 Å². The molecule has 0 saturated heterocycles. The average Bonchev–Trinajstić information content (AvgIpc) is 3.01. The van der Waals surface area contributed by atoms with Crippen molar-refractivity contribution < 1.29 is 5.11 Å². The van der Waals surface area contributed by atoms with Crippen LogP contribution < -0.4 is 10.6 Å². The fraction of sp³-hybridized carbons (Fsp3) is 0.500. The molecule has 7 heteroatoms. The van der Waals surface area contributed by atoms with Crippen LogP contribution in [0.3, 0.4) is 0 Å². The number of hydrogen-bond donors (Lipinski definition) is 3. The van der Waals surface area contributed by atoms with Gasteiger partial charge in [0.15, 0.2) is 5.96 Å². The van der Waals surface area contributed by atoms with E-state index in [-0.39, 0.29) is 28.7 Å². The number of rotatable bonds is 7. The molecule has 0 aliphatic carbocycles. The molecule has 25 heavy (non-hydrogen) atoms. The predicted molar refractivity (Wildman–Crippen MR) is 124 cm³/mol. The van der Waals surface area contributed by atoms with Crippen LogP contribution in [0.5, 0.6) is 0 Å². The standard InChI is InChI=1S/C18H27N3OS2.HI/c1-5-19-17(21-12-18(2,3)23-4)20-11-14(22)16-10-13-8-6-7-9-15(13)24-16;/h6-10,14,22H,5,11-12H2,1-4H3,(H2,19,20,21);1H. The van der Waals surface area contributed by atoms with E-state index in [1.165, 1.54) is 10.1 Å². The van der Waals surface area contributed by atoms with Gasteiger partial charge in [-0.05, 0) is 44.5 Å². The van der Waals surface area contributed by atoms with E-state index in [4.69, 9.17) is 0 Å². The molecule has 4 nitrogen and oxygen atoms in total. The van der Waals surface area contributed by atoms with Gasteiger partial charge in [-0.15, -0.1) is 35.3 Å². The molecule has 0 amide bonds. The number of thioether (sulfide) groups is 1. The SMILES string of the molecule is CCNC(=NCC(C)(C)SC)NCC(O)c1cc2ccccc2s1.I. The second kappa shape index (κ2) is 10.6. The van der Waals surface area contributed by atoms with Gasteiger partial charge >= 0.3 is 0 Å². The first-order valence-corrected chi connectivity index (χ1v) is 10.2. The minimum absolute atomic E-state index is 0. The zero-order valence-electron chi connectivity index (χ0n) is 15.2. The predicted octanol–water partition coefficient (Wildman–Crippen LogP) is 4.25. The molecule has 2 rings (SSSR count). The number of nitrogens with one attached hydrogen (secondary N) is 2. The zero-order valence-corrected chi connectivity index (χ0v) is 19.2. The summed E-state index contributed by atoms with van der Waals surface area (Å²) in [6, 6.07) is 10.3. The lowest BCUT2D eigenvalue weighted by Gasteiger charge is -2.21. The van der Waals surface area contributed by atoms with Crippen molar-refractivity contribution in [3.8, 4) is 0 Å². The van der Waals surface area contributed by atoms with Crippen molar-refractivity contribution in [2.24, 2.45) is 4.99 Å². The summed E-state index contributed by atoms with van der Waals surface area (Å²) in [5, 5.41) is 18.1. The van der Waals surface area contributed by atoms with E-state index >= 15 is 0 Å². The van der Waals surface area contributed by atoms with Gasteiger partial charge < -0.3 is 15.7 Å². The van der Waals surface area contributed by atoms with Crippen molar-refractivity contribution in [2.75, 3.05) is 25.9 Å². The molecule has 0 fully saturated rings. The van der Waals surface area contributed by atoms with Crippen molar-refractivity contribution in [3.05, 3.63) is 35.2 Å².